The number of aliphatic hydroxyl groups excluding tert-OH is 1. The van der Waals surface area contributed by atoms with Crippen LogP contribution in [0.1, 0.15) is 30.6 Å². The van der Waals surface area contributed by atoms with Crippen LogP contribution in [0.3, 0.4) is 0 Å². The number of ether oxygens (including phenoxy) is 2. The first-order chi connectivity index (χ1) is 10.0. The first-order valence-corrected chi connectivity index (χ1v) is 7.38. The van der Waals surface area contributed by atoms with Crippen molar-refractivity contribution in [1.29, 1.82) is 5.41 Å². The van der Waals surface area contributed by atoms with Gasteiger partial charge >= 0.3 is 0 Å². The molecule has 1 aliphatic rings. The molecule has 1 aromatic carbocycles. The molecule has 0 aromatic heterocycles. The lowest BCUT2D eigenvalue weighted by Crippen LogP contribution is -2.28. The fourth-order valence-corrected chi connectivity index (χ4v) is 3.09. The Labute approximate surface area is 129 Å². The van der Waals surface area contributed by atoms with Crippen LogP contribution < -0.4 is 9.64 Å². The van der Waals surface area contributed by atoms with Gasteiger partial charge in [0.15, 0.2) is 6.10 Å². The summed E-state index contributed by atoms with van der Waals surface area (Å²) in [4.78, 5) is 2.06. The number of hydrogen-bond donors (Lipinski definition) is 2. The Hall–Kier alpha value is -1.46. The molecule has 0 amide bonds. The maximum absolute atomic E-state index is 10.5. The second-order valence-corrected chi connectivity index (χ2v) is 5.45. The summed E-state index contributed by atoms with van der Waals surface area (Å²) in [6, 6.07) is 1.88. The average molecular weight is 313 g/mol. The predicted molar refractivity (Wildman–Crippen MR) is 83.9 cm³/mol. The van der Waals surface area contributed by atoms with Crippen molar-refractivity contribution in [2.75, 3.05) is 32.2 Å². The summed E-state index contributed by atoms with van der Waals surface area (Å²) in [7, 11) is 3.48. The van der Waals surface area contributed by atoms with Crippen molar-refractivity contribution >= 4 is 23.2 Å². The van der Waals surface area contributed by atoms with Gasteiger partial charge in [-0.2, -0.15) is 0 Å². The molecule has 1 atom stereocenters. The fraction of sp³-hybridized carbons (Fsp3) is 0.533. The van der Waals surface area contributed by atoms with Crippen LogP contribution in [0, 0.1) is 5.41 Å². The molecule has 2 N–H and O–H groups in total. The zero-order valence-corrected chi connectivity index (χ0v) is 13.3. The second kappa shape index (κ2) is 6.54. The third kappa shape index (κ3) is 2.94. The minimum Gasteiger partial charge on any atom is -0.495 e. The van der Waals surface area contributed by atoms with Gasteiger partial charge in [0.05, 0.1) is 24.3 Å². The number of benzene rings is 1. The summed E-state index contributed by atoms with van der Waals surface area (Å²) in [6.07, 6.45) is 0.739. The number of anilines is 1. The monoisotopic (exact) mass is 312 g/mol. The summed E-state index contributed by atoms with van der Waals surface area (Å²) in [6.45, 7) is 2.99. The Morgan fingerprint density at radius 2 is 2.29 bits per heavy atom. The van der Waals surface area contributed by atoms with E-state index in [4.69, 9.17) is 26.5 Å². The molecule has 1 heterocycles. The highest BCUT2D eigenvalue weighted by Crippen LogP contribution is 2.44. The van der Waals surface area contributed by atoms with Crippen LogP contribution in [-0.2, 0) is 11.2 Å². The Kier molecular flexibility index (Phi) is 4.96. The predicted octanol–water partition coefficient (Wildman–Crippen LogP) is 2.78. The quantitative estimate of drug-likeness (QED) is 0.663. The van der Waals surface area contributed by atoms with E-state index in [2.05, 4.69) is 4.90 Å². The van der Waals surface area contributed by atoms with Crippen LogP contribution >= 0.6 is 11.6 Å². The molecule has 21 heavy (non-hydrogen) atoms. The number of nitrogens with one attached hydrogen (secondary N) is 1. The minimum atomic E-state index is -1.19. The van der Waals surface area contributed by atoms with Crippen LogP contribution in [0.15, 0.2) is 6.07 Å². The van der Waals surface area contributed by atoms with Crippen molar-refractivity contribution in [2.45, 2.75) is 25.9 Å². The molecule has 5 nitrogen and oxygen atoms in total. The van der Waals surface area contributed by atoms with E-state index < -0.39 is 6.10 Å². The maximum atomic E-state index is 10.5. The molecule has 1 aliphatic heterocycles. The second-order valence-electron chi connectivity index (χ2n) is 5.04. The molecule has 116 valence electrons. The SMILES string of the molecule is CCOC(=N)C(O)c1c(OC)c(Cl)cc2c1N(C)CCC2. The summed E-state index contributed by atoms with van der Waals surface area (Å²) in [5.74, 6) is 0.209. The molecule has 0 saturated heterocycles. The van der Waals surface area contributed by atoms with Crippen LogP contribution in [-0.4, -0.2) is 38.3 Å². The largest absolute Gasteiger partial charge is 0.495 e. The smallest absolute Gasteiger partial charge is 0.215 e. The Bertz CT molecular complexity index is 548. The molecular formula is C15H21ClN2O3. The Morgan fingerprint density at radius 3 is 2.90 bits per heavy atom. The van der Waals surface area contributed by atoms with Gasteiger partial charge in [0.2, 0.25) is 5.90 Å². The van der Waals surface area contributed by atoms with Gasteiger partial charge in [-0.25, -0.2) is 0 Å². The first-order valence-electron chi connectivity index (χ1n) is 7.00. The average Bonchev–Trinajstić information content (AvgIpc) is 2.45. The van der Waals surface area contributed by atoms with Gasteiger partial charge in [-0.3, -0.25) is 5.41 Å². The van der Waals surface area contributed by atoms with E-state index in [0.29, 0.717) is 22.9 Å². The Morgan fingerprint density at radius 1 is 1.57 bits per heavy atom. The lowest BCUT2D eigenvalue weighted by atomic mass is 9.94. The van der Waals surface area contributed by atoms with E-state index in [9.17, 15) is 5.11 Å². The van der Waals surface area contributed by atoms with E-state index >= 15 is 0 Å². The molecule has 0 bridgehead atoms. The van der Waals surface area contributed by atoms with Crippen LogP contribution in [0.5, 0.6) is 5.75 Å². The zero-order valence-electron chi connectivity index (χ0n) is 12.6. The molecule has 1 aromatic rings. The van der Waals surface area contributed by atoms with Gasteiger partial charge in [-0.1, -0.05) is 11.6 Å². The highest BCUT2D eigenvalue weighted by molar-refractivity contribution is 6.32. The van der Waals surface area contributed by atoms with E-state index in [1.54, 1.807) is 6.92 Å². The van der Waals surface area contributed by atoms with E-state index in [1.807, 2.05) is 13.1 Å². The number of aryl methyl sites for hydroxylation is 1. The third-order valence-electron chi connectivity index (χ3n) is 3.67. The number of fused-ring (bicyclic) bond motifs is 1. The van der Waals surface area contributed by atoms with E-state index in [-0.39, 0.29) is 5.90 Å². The molecule has 0 spiro atoms. The lowest BCUT2D eigenvalue weighted by molar-refractivity contribution is 0.187. The number of halogens is 1. The first kappa shape index (κ1) is 15.9. The summed E-state index contributed by atoms with van der Waals surface area (Å²) < 4.78 is 10.5. The number of hydrogen-bond acceptors (Lipinski definition) is 5. The van der Waals surface area contributed by atoms with Crippen molar-refractivity contribution in [3.63, 3.8) is 0 Å². The molecule has 1 unspecified atom stereocenters. The van der Waals surface area contributed by atoms with Gasteiger partial charge in [0, 0.05) is 19.3 Å². The summed E-state index contributed by atoms with van der Waals surface area (Å²) in [5, 5.41) is 18.8. The van der Waals surface area contributed by atoms with Gasteiger partial charge in [-0.15, -0.1) is 0 Å². The van der Waals surface area contributed by atoms with E-state index in [0.717, 1.165) is 30.6 Å². The molecule has 0 radical (unpaired) electrons. The van der Waals surface area contributed by atoms with Crippen molar-refractivity contribution in [3.05, 3.63) is 22.2 Å². The van der Waals surface area contributed by atoms with Gasteiger partial charge < -0.3 is 19.5 Å². The molecule has 0 fully saturated rings. The highest BCUT2D eigenvalue weighted by atomic mass is 35.5. The van der Waals surface area contributed by atoms with Crippen LogP contribution in [0.4, 0.5) is 5.69 Å². The van der Waals surface area contributed by atoms with Crippen molar-refractivity contribution < 1.29 is 14.6 Å². The van der Waals surface area contributed by atoms with Gasteiger partial charge in [0.1, 0.15) is 5.75 Å². The molecular weight excluding hydrogens is 292 g/mol. The van der Waals surface area contributed by atoms with Gasteiger partial charge in [0.25, 0.3) is 0 Å². The van der Waals surface area contributed by atoms with Gasteiger partial charge in [-0.05, 0) is 31.4 Å². The number of methoxy groups -OCH3 is 1. The minimum absolute atomic E-state index is 0.195. The van der Waals surface area contributed by atoms with E-state index in [1.165, 1.54) is 7.11 Å². The summed E-state index contributed by atoms with van der Waals surface area (Å²) >= 11 is 6.27. The third-order valence-corrected chi connectivity index (χ3v) is 3.95. The fourth-order valence-electron chi connectivity index (χ4n) is 2.78. The van der Waals surface area contributed by atoms with Crippen molar-refractivity contribution in [1.82, 2.24) is 0 Å². The lowest BCUT2D eigenvalue weighted by Gasteiger charge is -2.32. The standard InChI is InChI=1S/C15H21ClN2O3/c1-4-21-15(17)13(19)11-12-9(6-5-7-18(12)2)8-10(16)14(11)20-3/h8,13,17,19H,4-7H2,1-3H3. The number of nitrogens with zero attached hydrogens (tertiary/aromatic N) is 1. The van der Waals surface area contributed by atoms with Crippen molar-refractivity contribution in [3.8, 4) is 5.75 Å². The van der Waals surface area contributed by atoms with Crippen molar-refractivity contribution in [2.24, 2.45) is 0 Å². The highest BCUT2D eigenvalue weighted by Gasteiger charge is 2.30. The number of rotatable bonds is 4. The van der Waals surface area contributed by atoms with Crippen LogP contribution in [0.25, 0.3) is 0 Å². The molecule has 2 rings (SSSR count). The summed E-state index contributed by atoms with van der Waals surface area (Å²) in [5.41, 5.74) is 2.47. The Balaban J connectivity index is 2.60. The number of aliphatic hydroxyl groups is 1. The maximum Gasteiger partial charge on any atom is 0.215 e. The zero-order chi connectivity index (χ0) is 15.6. The molecule has 6 heteroatoms. The molecule has 0 aliphatic carbocycles. The normalized spacial score (nSPS) is 15.4. The molecule has 0 saturated carbocycles. The topological polar surface area (TPSA) is 65.8 Å². The van der Waals surface area contributed by atoms with Crippen LogP contribution in [0.2, 0.25) is 5.02 Å².